The standard InChI is InChI=1S/C19H18BrNO3S/c20-17-8-3-15(4-9-17)5-12-19(22)16-6-10-18(11-7-16)25(23,24)21-13-1-2-14-21/h3-12H,1-2,13-14H2. The number of hydrogen-bond donors (Lipinski definition) is 0. The molecule has 0 atom stereocenters. The summed E-state index contributed by atoms with van der Waals surface area (Å²) in [6, 6.07) is 13.8. The van der Waals surface area contributed by atoms with E-state index in [1.807, 2.05) is 24.3 Å². The fraction of sp³-hybridized carbons (Fsp3) is 0.211. The lowest BCUT2D eigenvalue weighted by atomic mass is 10.1. The van der Waals surface area contributed by atoms with Gasteiger partial charge in [-0.3, -0.25) is 4.79 Å². The van der Waals surface area contributed by atoms with Gasteiger partial charge < -0.3 is 0 Å². The molecule has 6 heteroatoms. The Morgan fingerprint density at radius 2 is 1.56 bits per heavy atom. The molecule has 1 heterocycles. The highest BCUT2D eigenvalue weighted by molar-refractivity contribution is 9.10. The highest BCUT2D eigenvalue weighted by Crippen LogP contribution is 2.21. The average molecular weight is 420 g/mol. The van der Waals surface area contributed by atoms with Gasteiger partial charge >= 0.3 is 0 Å². The smallest absolute Gasteiger partial charge is 0.243 e. The van der Waals surface area contributed by atoms with Crippen LogP contribution in [0.2, 0.25) is 0 Å². The van der Waals surface area contributed by atoms with Crippen LogP contribution in [0.25, 0.3) is 6.08 Å². The number of rotatable bonds is 5. The molecular weight excluding hydrogens is 402 g/mol. The first-order valence-corrected chi connectivity index (χ1v) is 10.3. The zero-order valence-corrected chi connectivity index (χ0v) is 16.0. The van der Waals surface area contributed by atoms with Gasteiger partial charge in [0, 0.05) is 23.1 Å². The van der Waals surface area contributed by atoms with Crippen molar-refractivity contribution in [3.05, 3.63) is 70.2 Å². The molecule has 0 aromatic heterocycles. The zero-order chi connectivity index (χ0) is 17.9. The summed E-state index contributed by atoms with van der Waals surface area (Å²) >= 11 is 3.37. The van der Waals surface area contributed by atoms with Gasteiger partial charge in [-0.05, 0) is 60.9 Å². The second kappa shape index (κ2) is 7.64. The number of carbonyl (C=O) groups excluding carboxylic acids is 1. The molecule has 4 nitrogen and oxygen atoms in total. The maximum atomic E-state index is 12.5. The van der Waals surface area contributed by atoms with Gasteiger partial charge in [0.25, 0.3) is 0 Å². The molecule has 130 valence electrons. The molecule has 0 N–H and O–H groups in total. The molecule has 1 fully saturated rings. The van der Waals surface area contributed by atoms with Crippen LogP contribution in [0.5, 0.6) is 0 Å². The SMILES string of the molecule is O=C(C=Cc1ccc(Br)cc1)c1ccc(S(=O)(=O)N2CCCC2)cc1. The van der Waals surface area contributed by atoms with Crippen molar-refractivity contribution < 1.29 is 13.2 Å². The Morgan fingerprint density at radius 1 is 0.960 bits per heavy atom. The van der Waals surface area contributed by atoms with Crippen LogP contribution in [0, 0.1) is 0 Å². The van der Waals surface area contributed by atoms with Crippen LogP contribution in [0.3, 0.4) is 0 Å². The van der Waals surface area contributed by atoms with Crippen molar-refractivity contribution in [1.82, 2.24) is 4.31 Å². The summed E-state index contributed by atoms with van der Waals surface area (Å²) in [5.41, 5.74) is 1.39. The minimum absolute atomic E-state index is 0.159. The number of halogens is 1. The van der Waals surface area contributed by atoms with E-state index < -0.39 is 10.0 Å². The lowest BCUT2D eigenvalue weighted by Gasteiger charge is -2.15. The van der Waals surface area contributed by atoms with Crippen LogP contribution >= 0.6 is 15.9 Å². The minimum atomic E-state index is -3.44. The molecule has 0 saturated carbocycles. The highest BCUT2D eigenvalue weighted by atomic mass is 79.9. The molecule has 1 aliphatic rings. The summed E-state index contributed by atoms with van der Waals surface area (Å²) in [7, 11) is -3.44. The normalized spacial score (nSPS) is 15.7. The molecule has 0 aliphatic carbocycles. The molecular formula is C19H18BrNO3S. The molecule has 0 bridgehead atoms. The molecule has 2 aromatic carbocycles. The summed E-state index contributed by atoms with van der Waals surface area (Å²) < 4.78 is 27.4. The van der Waals surface area contributed by atoms with Crippen LogP contribution in [0.15, 0.2) is 64.0 Å². The van der Waals surface area contributed by atoms with Gasteiger partial charge in [-0.1, -0.05) is 34.1 Å². The molecule has 0 unspecified atom stereocenters. The third-order valence-electron chi connectivity index (χ3n) is 4.14. The minimum Gasteiger partial charge on any atom is -0.289 e. The second-order valence-electron chi connectivity index (χ2n) is 5.88. The third kappa shape index (κ3) is 4.26. The number of sulfonamides is 1. The van der Waals surface area contributed by atoms with E-state index in [-0.39, 0.29) is 10.7 Å². The third-order valence-corrected chi connectivity index (χ3v) is 6.58. The number of allylic oxidation sites excluding steroid dienone is 1. The predicted octanol–water partition coefficient (Wildman–Crippen LogP) is 4.13. The monoisotopic (exact) mass is 419 g/mol. The maximum Gasteiger partial charge on any atom is 0.243 e. The van der Waals surface area contributed by atoms with E-state index in [0.29, 0.717) is 18.7 Å². The van der Waals surface area contributed by atoms with E-state index in [1.54, 1.807) is 18.2 Å². The van der Waals surface area contributed by atoms with Crippen LogP contribution in [0.1, 0.15) is 28.8 Å². The summed E-state index contributed by atoms with van der Waals surface area (Å²) in [5.74, 6) is -0.159. The first-order valence-electron chi connectivity index (χ1n) is 8.05. The van der Waals surface area contributed by atoms with E-state index in [9.17, 15) is 13.2 Å². The van der Waals surface area contributed by atoms with Crippen LogP contribution in [-0.4, -0.2) is 31.6 Å². The zero-order valence-electron chi connectivity index (χ0n) is 13.6. The van der Waals surface area contributed by atoms with Crippen molar-refractivity contribution in [2.75, 3.05) is 13.1 Å². The number of ketones is 1. The van der Waals surface area contributed by atoms with E-state index in [4.69, 9.17) is 0 Å². The van der Waals surface area contributed by atoms with Crippen molar-refractivity contribution in [2.24, 2.45) is 0 Å². The first kappa shape index (κ1) is 18.0. The molecule has 1 aliphatic heterocycles. The Balaban J connectivity index is 1.73. The van der Waals surface area contributed by atoms with Crippen molar-refractivity contribution in [2.45, 2.75) is 17.7 Å². The molecule has 2 aromatic rings. The van der Waals surface area contributed by atoms with E-state index in [1.165, 1.54) is 22.5 Å². The molecule has 0 spiro atoms. The second-order valence-corrected chi connectivity index (χ2v) is 8.74. The summed E-state index contributed by atoms with van der Waals surface area (Å²) in [5, 5.41) is 0. The van der Waals surface area contributed by atoms with Gasteiger partial charge in [-0.2, -0.15) is 4.31 Å². The Hall–Kier alpha value is -1.76. The van der Waals surface area contributed by atoms with Crippen molar-refractivity contribution >= 4 is 37.8 Å². The Kier molecular flexibility index (Phi) is 5.51. The van der Waals surface area contributed by atoms with Gasteiger partial charge in [0.1, 0.15) is 0 Å². The summed E-state index contributed by atoms with van der Waals surface area (Å²) in [4.78, 5) is 12.5. The number of benzene rings is 2. The predicted molar refractivity (Wildman–Crippen MR) is 102 cm³/mol. The molecule has 3 rings (SSSR count). The summed E-state index contributed by atoms with van der Waals surface area (Å²) in [6.45, 7) is 1.14. The molecule has 0 radical (unpaired) electrons. The van der Waals surface area contributed by atoms with Crippen LogP contribution < -0.4 is 0 Å². The molecule has 25 heavy (non-hydrogen) atoms. The topological polar surface area (TPSA) is 54.5 Å². The quantitative estimate of drug-likeness (QED) is 0.540. The van der Waals surface area contributed by atoms with Gasteiger partial charge in [0.2, 0.25) is 10.0 Å². The Labute approximate surface area is 156 Å². The fourth-order valence-electron chi connectivity index (χ4n) is 2.71. The highest BCUT2D eigenvalue weighted by Gasteiger charge is 2.26. The van der Waals surface area contributed by atoms with Gasteiger partial charge in [-0.25, -0.2) is 8.42 Å². The lowest BCUT2D eigenvalue weighted by molar-refractivity contribution is 0.104. The molecule has 1 saturated heterocycles. The van der Waals surface area contributed by atoms with Gasteiger partial charge in [0.05, 0.1) is 4.90 Å². The average Bonchev–Trinajstić information content (AvgIpc) is 3.16. The summed E-state index contributed by atoms with van der Waals surface area (Å²) in [6.07, 6.45) is 5.03. The lowest BCUT2D eigenvalue weighted by Crippen LogP contribution is -2.27. The number of nitrogens with zero attached hydrogens (tertiary/aromatic N) is 1. The maximum absolute atomic E-state index is 12.5. The van der Waals surface area contributed by atoms with E-state index >= 15 is 0 Å². The largest absolute Gasteiger partial charge is 0.289 e. The first-order chi connectivity index (χ1) is 12.0. The van der Waals surface area contributed by atoms with Crippen molar-refractivity contribution in [3.63, 3.8) is 0 Å². The van der Waals surface area contributed by atoms with Crippen LogP contribution in [0.4, 0.5) is 0 Å². The van der Waals surface area contributed by atoms with Crippen LogP contribution in [-0.2, 0) is 10.0 Å². The number of hydrogen-bond acceptors (Lipinski definition) is 3. The van der Waals surface area contributed by atoms with Crippen molar-refractivity contribution in [1.29, 1.82) is 0 Å². The van der Waals surface area contributed by atoms with Gasteiger partial charge in [-0.15, -0.1) is 0 Å². The van der Waals surface area contributed by atoms with Gasteiger partial charge in [0.15, 0.2) is 5.78 Å². The van der Waals surface area contributed by atoms with Crippen molar-refractivity contribution in [3.8, 4) is 0 Å². The van der Waals surface area contributed by atoms with E-state index in [0.717, 1.165) is 22.9 Å². The van der Waals surface area contributed by atoms with E-state index in [2.05, 4.69) is 15.9 Å². The fourth-order valence-corrected chi connectivity index (χ4v) is 4.49. The number of carbonyl (C=O) groups is 1. The Bertz CT molecular complexity index is 881. The Morgan fingerprint density at radius 3 is 2.16 bits per heavy atom. The molecule has 0 amide bonds.